The highest BCUT2D eigenvalue weighted by molar-refractivity contribution is 6.30. The molecule has 0 atom stereocenters. The number of carbonyl (C=O) groups is 3. The second-order valence-electron chi connectivity index (χ2n) is 7.68. The fraction of sp³-hybridized carbons (Fsp3) is 0.120. The fourth-order valence-corrected chi connectivity index (χ4v) is 3.63. The van der Waals surface area contributed by atoms with Gasteiger partial charge in [-0.1, -0.05) is 35.9 Å². The van der Waals surface area contributed by atoms with Crippen molar-refractivity contribution < 1.29 is 19.5 Å². The van der Waals surface area contributed by atoms with Crippen LogP contribution in [0.2, 0.25) is 5.02 Å². The molecule has 3 amide bonds. The molecule has 172 valence electrons. The first-order chi connectivity index (χ1) is 16.3. The Bertz CT molecular complexity index is 1290. The van der Waals surface area contributed by atoms with E-state index in [1.165, 1.54) is 30.5 Å². The van der Waals surface area contributed by atoms with Gasteiger partial charge in [0, 0.05) is 30.9 Å². The van der Waals surface area contributed by atoms with Crippen molar-refractivity contribution in [3.05, 3.63) is 88.6 Å². The number of aromatic hydroxyl groups is 1. The molecule has 9 heteroatoms. The third-order valence-corrected chi connectivity index (χ3v) is 5.57. The number of nitrogens with zero attached hydrogens (tertiary/aromatic N) is 2. The van der Waals surface area contributed by atoms with Crippen LogP contribution in [0.3, 0.4) is 0 Å². The van der Waals surface area contributed by atoms with Gasteiger partial charge in [0.2, 0.25) is 0 Å². The molecule has 0 fully saturated rings. The zero-order chi connectivity index (χ0) is 24.2. The number of hydrogen-bond acceptors (Lipinski definition) is 5. The number of halogens is 1. The van der Waals surface area contributed by atoms with Crippen LogP contribution in [0.4, 0.5) is 11.5 Å². The molecule has 1 aromatic heterocycles. The molecule has 34 heavy (non-hydrogen) atoms. The highest BCUT2D eigenvalue weighted by Gasteiger charge is 2.21. The molecule has 1 aliphatic heterocycles. The van der Waals surface area contributed by atoms with E-state index >= 15 is 0 Å². The van der Waals surface area contributed by atoms with E-state index in [1.54, 1.807) is 42.3 Å². The Morgan fingerprint density at radius 2 is 1.79 bits per heavy atom. The van der Waals surface area contributed by atoms with Crippen molar-refractivity contribution >= 4 is 46.4 Å². The summed E-state index contributed by atoms with van der Waals surface area (Å²) in [5.41, 5.74) is 1.63. The number of anilines is 2. The number of phenolic OH excluding ortho intramolecular Hbond substituents is 1. The Kier molecular flexibility index (Phi) is 6.60. The minimum atomic E-state index is -0.566. The number of benzene rings is 2. The Labute approximate surface area is 200 Å². The number of carbonyl (C=O) groups excluding carboxylic acids is 3. The topological polar surface area (TPSA) is 112 Å². The van der Waals surface area contributed by atoms with Crippen LogP contribution in [0.25, 0.3) is 5.57 Å². The van der Waals surface area contributed by atoms with Gasteiger partial charge in [-0.2, -0.15) is 0 Å². The lowest BCUT2D eigenvalue weighted by atomic mass is 9.99. The highest BCUT2D eigenvalue weighted by atomic mass is 35.5. The summed E-state index contributed by atoms with van der Waals surface area (Å²) in [4.78, 5) is 43.7. The third-order valence-electron chi connectivity index (χ3n) is 5.34. The number of amides is 3. The van der Waals surface area contributed by atoms with Gasteiger partial charge in [0.15, 0.2) is 0 Å². The monoisotopic (exact) mass is 476 g/mol. The Morgan fingerprint density at radius 3 is 2.50 bits per heavy atom. The van der Waals surface area contributed by atoms with E-state index in [0.717, 1.165) is 6.42 Å². The van der Waals surface area contributed by atoms with Gasteiger partial charge in [-0.05, 0) is 48.4 Å². The van der Waals surface area contributed by atoms with Crippen molar-refractivity contribution in [2.24, 2.45) is 0 Å². The number of phenols is 1. The van der Waals surface area contributed by atoms with Gasteiger partial charge in [-0.25, -0.2) is 4.98 Å². The van der Waals surface area contributed by atoms with E-state index in [0.29, 0.717) is 28.3 Å². The molecule has 0 saturated heterocycles. The summed E-state index contributed by atoms with van der Waals surface area (Å²) in [6.45, 7) is 0.674. The van der Waals surface area contributed by atoms with Crippen LogP contribution in [-0.4, -0.2) is 46.3 Å². The van der Waals surface area contributed by atoms with Crippen LogP contribution >= 0.6 is 11.6 Å². The van der Waals surface area contributed by atoms with E-state index in [2.05, 4.69) is 15.6 Å². The van der Waals surface area contributed by atoms with Gasteiger partial charge in [0.1, 0.15) is 11.6 Å². The van der Waals surface area contributed by atoms with E-state index in [4.69, 9.17) is 11.6 Å². The van der Waals surface area contributed by atoms with Crippen molar-refractivity contribution in [3.8, 4) is 5.75 Å². The molecule has 3 aromatic rings. The predicted molar refractivity (Wildman–Crippen MR) is 130 cm³/mol. The maximum atomic E-state index is 12.9. The number of likely N-dealkylation sites (N-methyl/N-ethyl adjacent to an activating group) is 1. The molecular weight excluding hydrogens is 456 g/mol. The summed E-state index contributed by atoms with van der Waals surface area (Å²) in [6.07, 6.45) is 4.05. The molecule has 2 heterocycles. The first-order valence-electron chi connectivity index (χ1n) is 10.5. The predicted octanol–water partition coefficient (Wildman–Crippen LogP) is 4.19. The Hall–Kier alpha value is -4.17. The van der Waals surface area contributed by atoms with E-state index in [1.807, 2.05) is 6.08 Å². The molecular formula is C25H21ClN4O4. The van der Waals surface area contributed by atoms with Gasteiger partial charge in [0.05, 0.1) is 16.3 Å². The van der Waals surface area contributed by atoms with Gasteiger partial charge >= 0.3 is 0 Å². The SMILES string of the molecule is CN1CCC=C(c2ccc(C(=O)Nc3c(O)cccc3C(=O)Nc3ccc(Cl)cn3)cc2)C1=O. The molecule has 0 bridgehead atoms. The van der Waals surface area contributed by atoms with Crippen LogP contribution in [0.15, 0.2) is 66.9 Å². The van der Waals surface area contributed by atoms with Crippen LogP contribution in [0.5, 0.6) is 5.75 Å². The molecule has 0 aliphatic carbocycles. The average Bonchev–Trinajstić information content (AvgIpc) is 2.83. The number of hydrogen-bond donors (Lipinski definition) is 3. The number of aromatic nitrogens is 1. The number of para-hydroxylation sites is 1. The lowest BCUT2D eigenvalue weighted by molar-refractivity contribution is -0.124. The standard InChI is InChI=1S/C25H21ClN4O4/c1-30-13-3-5-18(25(30)34)15-7-9-16(10-8-15)23(32)29-22-19(4-2-6-20(22)31)24(33)28-21-12-11-17(26)14-27-21/h2,4-12,14,31H,3,13H2,1H3,(H,29,32)(H,27,28,33). The Balaban J connectivity index is 1.53. The largest absolute Gasteiger partial charge is 0.506 e. The fourth-order valence-electron chi connectivity index (χ4n) is 3.52. The zero-order valence-corrected chi connectivity index (χ0v) is 19.0. The molecule has 2 aromatic carbocycles. The molecule has 3 N–H and O–H groups in total. The summed E-state index contributed by atoms with van der Waals surface area (Å²) in [5, 5.41) is 16.0. The third kappa shape index (κ3) is 4.92. The van der Waals surface area contributed by atoms with Crippen molar-refractivity contribution in [3.63, 3.8) is 0 Å². The van der Waals surface area contributed by atoms with Gasteiger partial charge in [0.25, 0.3) is 17.7 Å². The summed E-state index contributed by atoms with van der Waals surface area (Å²) >= 11 is 5.82. The molecule has 1 aliphatic rings. The van der Waals surface area contributed by atoms with Crippen LogP contribution in [-0.2, 0) is 4.79 Å². The van der Waals surface area contributed by atoms with E-state index < -0.39 is 11.8 Å². The Morgan fingerprint density at radius 1 is 1.03 bits per heavy atom. The van der Waals surface area contributed by atoms with Gasteiger partial charge in [-0.3, -0.25) is 14.4 Å². The smallest absolute Gasteiger partial charge is 0.259 e. The normalized spacial score (nSPS) is 13.3. The van der Waals surface area contributed by atoms with Crippen LogP contribution < -0.4 is 10.6 Å². The maximum absolute atomic E-state index is 12.9. The maximum Gasteiger partial charge on any atom is 0.259 e. The van der Waals surface area contributed by atoms with Crippen LogP contribution in [0, 0.1) is 0 Å². The van der Waals surface area contributed by atoms with Gasteiger partial charge in [-0.15, -0.1) is 0 Å². The molecule has 0 spiro atoms. The minimum absolute atomic E-state index is 0.0326. The number of nitrogens with one attached hydrogen (secondary N) is 2. The van der Waals surface area contributed by atoms with E-state index in [9.17, 15) is 19.5 Å². The zero-order valence-electron chi connectivity index (χ0n) is 18.2. The number of rotatable bonds is 5. The van der Waals surface area contributed by atoms with Crippen molar-refractivity contribution in [1.82, 2.24) is 9.88 Å². The van der Waals surface area contributed by atoms with E-state index in [-0.39, 0.29) is 28.7 Å². The van der Waals surface area contributed by atoms with Crippen LogP contribution in [0.1, 0.15) is 32.7 Å². The lowest BCUT2D eigenvalue weighted by Crippen LogP contribution is -2.31. The molecule has 0 radical (unpaired) electrons. The second-order valence-corrected chi connectivity index (χ2v) is 8.12. The van der Waals surface area contributed by atoms with Crippen molar-refractivity contribution in [2.75, 3.05) is 24.2 Å². The minimum Gasteiger partial charge on any atom is -0.506 e. The highest BCUT2D eigenvalue weighted by Crippen LogP contribution is 2.29. The van der Waals surface area contributed by atoms with Crippen molar-refractivity contribution in [1.29, 1.82) is 0 Å². The molecule has 0 unspecified atom stereocenters. The molecule has 0 saturated carbocycles. The summed E-state index contributed by atoms with van der Waals surface area (Å²) in [5.74, 6) is -1.15. The van der Waals surface area contributed by atoms with Gasteiger partial charge < -0.3 is 20.6 Å². The quantitative estimate of drug-likeness (QED) is 0.478. The average molecular weight is 477 g/mol. The summed E-state index contributed by atoms with van der Waals surface area (Å²) in [7, 11) is 1.75. The lowest BCUT2D eigenvalue weighted by Gasteiger charge is -2.23. The second kappa shape index (κ2) is 9.76. The first kappa shape index (κ1) is 23.0. The number of pyridine rings is 1. The summed E-state index contributed by atoms with van der Waals surface area (Å²) < 4.78 is 0. The molecule has 8 nitrogen and oxygen atoms in total. The summed E-state index contributed by atoms with van der Waals surface area (Å²) in [6, 6.07) is 14.0. The van der Waals surface area contributed by atoms with Crippen molar-refractivity contribution in [2.45, 2.75) is 6.42 Å². The first-order valence-corrected chi connectivity index (χ1v) is 10.8. The molecule has 4 rings (SSSR count).